The summed E-state index contributed by atoms with van der Waals surface area (Å²) in [5, 5.41) is 0.841. The quantitative estimate of drug-likeness (QED) is 0.419. The first-order valence-corrected chi connectivity index (χ1v) is 13.2. The topological polar surface area (TPSA) is 113 Å². The number of nitrogens with zero attached hydrogens (tertiary/aromatic N) is 5. The Morgan fingerprint density at radius 1 is 0.917 bits per heavy atom. The number of fused-ring (bicyclic) bond motifs is 1. The van der Waals surface area contributed by atoms with E-state index in [1.54, 1.807) is 25.2 Å². The molecule has 0 radical (unpaired) electrons. The first-order valence-electron chi connectivity index (χ1n) is 11.0. The van der Waals surface area contributed by atoms with Crippen molar-refractivity contribution in [3.8, 4) is 11.3 Å². The van der Waals surface area contributed by atoms with Crippen molar-refractivity contribution in [1.82, 2.24) is 23.4 Å². The molecule has 1 aliphatic rings. The number of rotatable bonds is 4. The molecule has 0 aliphatic carbocycles. The van der Waals surface area contributed by atoms with E-state index in [2.05, 4.69) is 9.97 Å². The number of pyridine rings is 1. The molecule has 0 unspecified atom stereocenters. The summed E-state index contributed by atoms with van der Waals surface area (Å²) >= 11 is 12.5. The molecule has 0 atom stereocenters. The van der Waals surface area contributed by atoms with Crippen LogP contribution >= 0.6 is 23.2 Å². The summed E-state index contributed by atoms with van der Waals surface area (Å²) in [4.78, 5) is 33.8. The Kier molecular flexibility index (Phi) is 6.19. The van der Waals surface area contributed by atoms with Crippen LogP contribution in [-0.4, -0.2) is 58.0 Å². The molecule has 188 valence electrons. The number of anilines is 1. The zero-order chi connectivity index (χ0) is 25.8. The summed E-state index contributed by atoms with van der Waals surface area (Å²) in [5.41, 5.74) is 1.87. The lowest BCUT2D eigenvalue weighted by Gasteiger charge is -2.36. The van der Waals surface area contributed by atoms with Crippen LogP contribution in [0.15, 0.2) is 57.2 Å². The Morgan fingerprint density at radius 2 is 1.53 bits per heavy atom. The molecular formula is C23H22Cl2N6O4S. The number of hydrogen-bond donors (Lipinski definition) is 1. The second-order valence-electron chi connectivity index (χ2n) is 8.52. The van der Waals surface area contributed by atoms with Crippen LogP contribution in [0, 0.1) is 0 Å². The van der Waals surface area contributed by atoms with E-state index >= 15 is 0 Å². The van der Waals surface area contributed by atoms with Gasteiger partial charge < -0.3 is 9.88 Å². The fourth-order valence-electron chi connectivity index (χ4n) is 4.42. The van der Waals surface area contributed by atoms with Crippen LogP contribution in [0.4, 0.5) is 5.69 Å². The fourth-order valence-corrected chi connectivity index (χ4v) is 6.45. The zero-order valence-electron chi connectivity index (χ0n) is 19.4. The van der Waals surface area contributed by atoms with Gasteiger partial charge >= 0.3 is 5.69 Å². The highest BCUT2D eigenvalue weighted by Gasteiger charge is 2.30. The summed E-state index contributed by atoms with van der Waals surface area (Å²) in [6.07, 6.45) is 3.02. The van der Waals surface area contributed by atoms with E-state index in [0.717, 1.165) is 4.57 Å². The molecule has 1 saturated heterocycles. The normalized spacial score (nSPS) is 15.1. The van der Waals surface area contributed by atoms with Gasteiger partial charge in [0.05, 0.1) is 26.1 Å². The molecule has 0 bridgehead atoms. The third kappa shape index (κ3) is 4.01. The lowest BCUT2D eigenvalue weighted by atomic mass is 10.1. The van der Waals surface area contributed by atoms with E-state index in [0.29, 0.717) is 51.1 Å². The lowest BCUT2D eigenvalue weighted by Crippen LogP contribution is -2.48. The lowest BCUT2D eigenvalue weighted by molar-refractivity contribution is 0.385. The molecule has 13 heteroatoms. The van der Waals surface area contributed by atoms with E-state index in [9.17, 15) is 18.0 Å². The maximum absolute atomic E-state index is 13.3. The molecule has 0 saturated carbocycles. The smallest absolute Gasteiger partial charge is 0.331 e. The molecular weight excluding hydrogens is 527 g/mol. The summed E-state index contributed by atoms with van der Waals surface area (Å²) < 4.78 is 30.4. The third-order valence-corrected chi connectivity index (χ3v) is 8.90. The largest absolute Gasteiger partial charge is 0.366 e. The number of H-pyrrole nitrogens is 1. The Morgan fingerprint density at radius 3 is 2.14 bits per heavy atom. The van der Waals surface area contributed by atoms with Gasteiger partial charge in [-0.1, -0.05) is 35.3 Å². The highest BCUT2D eigenvalue weighted by Crippen LogP contribution is 2.33. The second kappa shape index (κ2) is 9.07. The average Bonchev–Trinajstić information content (AvgIpc) is 3.32. The summed E-state index contributed by atoms with van der Waals surface area (Å²) in [6.45, 7) is 1.42. The molecule has 36 heavy (non-hydrogen) atoms. The molecule has 0 amide bonds. The van der Waals surface area contributed by atoms with Crippen LogP contribution in [0.5, 0.6) is 0 Å². The number of aromatic amines is 1. The van der Waals surface area contributed by atoms with E-state index in [1.807, 2.05) is 4.90 Å². The van der Waals surface area contributed by atoms with Crippen molar-refractivity contribution in [2.75, 3.05) is 31.1 Å². The van der Waals surface area contributed by atoms with Gasteiger partial charge in [0, 0.05) is 58.4 Å². The number of sulfonamides is 1. The number of halogens is 2. The SMILES string of the molecule is Cn1c(=O)c2[nH]c(-c3ccc(S(=O)(=O)N4CCN(c5c(Cl)cncc5Cl)CC4)cc3)cc2n(C)c1=O. The maximum Gasteiger partial charge on any atom is 0.331 e. The van der Waals surface area contributed by atoms with Crippen molar-refractivity contribution in [2.24, 2.45) is 14.1 Å². The minimum Gasteiger partial charge on any atom is -0.366 e. The Labute approximate surface area is 216 Å². The van der Waals surface area contributed by atoms with Gasteiger partial charge in [0.1, 0.15) is 5.52 Å². The minimum atomic E-state index is -3.72. The second-order valence-corrected chi connectivity index (χ2v) is 11.3. The Balaban J connectivity index is 1.37. The molecule has 5 rings (SSSR count). The number of hydrogen-bond acceptors (Lipinski definition) is 6. The van der Waals surface area contributed by atoms with Crippen LogP contribution in [0.2, 0.25) is 10.0 Å². The predicted octanol–water partition coefficient (Wildman–Crippen LogP) is 2.45. The standard InChI is InChI=1S/C23H22Cl2N6O4S/c1-28-19-11-18(27-20(19)22(32)29(2)23(28)33)14-3-5-15(6-4-14)36(34,35)31-9-7-30(8-10-31)21-16(24)12-26-13-17(21)25/h3-6,11-13,27H,7-10H2,1-2H3. The molecule has 3 aromatic heterocycles. The van der Waals surface area contributed by atoms with Crippen molar-refractivity contribution >= 4 is 49.9 Å². The number of aryl methyl sites for hydroxylation is 1. The summed E-state index contributed by atoms with van der Waals surface area (Å²) in [6, 6.07) is 8.13. The van der Waals surface area contributed by atoms with Gasteiger partial charge in [0.15, 0.2) is 0 Å². The van der Waals surface area contributed by atoms with Crippen molar-refractivity contribution in [2.45, 2.75) is 4.90 Å². The number of nitrogens with one attached hydrogen (secondary N) is 1. The molecule has 4 aromatic rings. The molecule has 10 nitrogen and oxygen atoms in total. The van der Waals surface area contributed by atoms with Crippen molar-refractivity contribution < 1.29 is 8.42 Å². The maximum atomic E-state index is 13.3. The molecule has 4 heterocycles. The van der Waals surface area contributed by atoms with Gasteiger partial charge in [-0.25, -0.2) is 13.2 Å². The van der Waals surface area contributed by atoms with Crippen LogP contribution in [-0.2, 0) is 24.1 Å². The van der Waals surface area contributed by atoms with Gasteiger partial charge in [-0.05, 0) is 23.8 Å². The number of aromatic nitrogens is 4. The first kappa shape index (κ1) is 24.6. The van der Waals surface area contributed by atoms with Crippen LogP contribution in [0.3, 0.4) is 0 Å². The minimum absolute atomic E-state index is 0.166. The molecule has 1 N–H and O–H groups in total. The molecule has 1 fully saturated rings. The van der Waals surface area contributed by atoms with Crippen molar-refractivity contribution in [1.29, 1.82) is 0 Å². The van der Waals surface area contributed by atoms with Gasteiger partial charge in [-0.15, -0.1) is 0 Å². The number of piperazine rings is 1. The zero-order valence-corrected chi connectivity index (χ0v) is 21.7. The van der Waals surface area contributed by atoms with Gasteiger partial charge in [0.2, 0.25) is 10.0 Å². The molecule has 1 aliphatic heterocycles. The molecule has 1 aromatic carbocycles. The van der Waals surface area contributed by atoms with Gasteiger partial charge in [-0.3, -0.25) is 18.9 Å². The van der Waals surface area contributed by atoms with Crippen LogP contribution in [0.25, 0.3) is 22.3 Å². The average molecular weight is 549 g/mol. The summed E-state index contributed by atoms with van der Waals surface area (Å²) in [7, 11) is -0.705. The fraction of sp³-hybridized carbons (Fsp3) is 0.261. The number of benzene rings is 1. The Bertz CT molecular complexity index is 1680. The van der Waals surface area contributed by atoms with Crippen molar-refractivity contribution in [3.05, 3.63) is 73.6 Å². The van der Waals surface area contributed by atoms with E-state index in [1.165, 1.54) is 40.4 Å². The highest BCUT2D eigenvalue weighted by atomic mass is 35.5. The Hall–Kier alpha value is -3.12. The van der Waals surface area contributed by atoms with Gasteiger partial charge in [0.25, 0.3) is 5.56 Å². The summed E-state index contributed by atoms with van der Waals surface area (Å²) in [5.74, 6) is 0. The van der Waals surface area contributed by atoms with Crippen molar-refractivity contribution in [3.63, 3.8) is 0 Å². The predicted molar refractivity (Wildman–Crippen MR) is 139 cm³/mol. The van der Waals surface area contributed by atoms with E-state index < -0.39 is 21.3 Å². The van der Waals surface area contributed by atoms with E-state index in [4.69, 9.17) is 23.2 Å². The van der Waals surface area contributed by atoms with Gasteiger partial charge in [-0.2, -0.15) is 4.31 Å². The van der Waals surface area contributed by atoms with Crippen LogP contribution in [0.1, 0.15) is 0 Å². The third-order valence-electron chi connectivity index (χ3n) is 6.44. The molecule has 0 spiro atoms. The van der Waals surface area contributed by atoms with Crippen LogP contribution < -0.4 is 16.1 Å². The van der Waals surface area contributed by atoms with E-state index in [-0.39, 0.29) is 18.0 Å². The first-order chi connectivity index (χ1) is 17.1. The highest BCUT2D eigenvalue weighted by molar-refractivity contribution is 7.89. The monoisotopic (exact) mass is 548 g/mol.